The lowest BCUT2D eigenvalue weighted by Crippen LogP contribution is -2.41. The van der Waals surface area contributed by atoms with Crippen molar-refractivity contribution in [1.29, 1.82) is 0 Å². The molecule has 0 aromatic carbocycles. The van der Waals surface area contributed by atoms with Gasteiger partial charge >= 0.3 is 0 Å². The van der Waals surface area contributed by atoms with Gasteiger partial charge in [0.2, 0.25) is 5.91 Å². The molecule has 0 saturated heterocycles. The Hall–Kier alpha value is -1.46. The van der Waals surface area contributed by atoms with Crippen LogP contribution in [0.5, 0.6) is 0 Å². The highest BCUT2D eigenvalue weighted by Crippen LogP contribution is 2.48. The third kappa shape index (κ3) is 6.02. The van der Waals surface area contributed by atoms with Gasteiger partial charge in [0.25, 0.3) is 0 Å². The zero-order valence-electron chi connectivity index (χ0n) is 17.2. The summed E-state index contributed by atoms with van der Waals surface area (Å²) in [6.07, 6.45) is 15.7. The van der Waals surface area contributed by atoms with Gasteiger partial charge in [-0.3, -0.25) is 9.59 Å². The topological polar surface area (TPSA) is 101 Å². The van der Waals surface area contributed by atoms with E-state index in [1.54, 1.807) is 0 Å². The van der Waals surface area contributed by atoms with Crippen molar-refractivity contribution in [1.82, 2.24) is 0 Å². The van der Waals surface area contributed by atoms with Crippen LogP contribution in [-0.4, -0.2) is 34.1 Å². The van der Waals surface area contributed by atoms with Gasteiger partial charge in [-0.25, -0.2) is 0 Å². The largest absolute Gasteiger partial charge is 0.392 e. The fourth-order valence-electron chi connectivity index (χ4n) is 4.78. The maximum atomic E-state index is 12.3. The number of primary amides is 1. The van der Waals surface area contributed by atoms with Crippen molar-refractivity contribution in [2.45, 2.75) is 89.8 Å². The molecule has 2 aliphatic rings. The molecule has 1 amide bonds. The van der Waals surface area contributed by atoms with Crippen molar-refractivity contribution in [3.8, 4) is 0 Å². The number of unbranched alkanes of at least 4 members (excludes halogenated alkanes) is 1. The summed E-state index contributed by atoms with van der Waals surface area (Å²) in [5.74, 6) is -0.578. The van der Waals surface area contributed by atoms with E-state index in [0.717, 1.165) is 32.1 Å². The molecule has 2 saturated carbocycles. The Bertz CT molecular complexity index is 579. The number of Topliss-reactive ketones (excluding diaryl/α,β-unsaturated/α-hetero) is 1. The van der Waals surface area contributed by atoms with Crippen LogP contribution >= 0.6 is 0 Å². The number of aliphatic hydroxyl groups is 2. The van der Waals surface area contributed by atoms with Gasteiger partial charge in [0, 0.05) is 24.7 Å². The third-order valence-electron chi connectivity index (χ3n) is 6.61. The lowest BCUT2D eigenvalue weighted by atomic mass is 9.62. The smallest absolute Gasteiger partial charge is 0.217 e. The van der Waals surface area contributed by atoms with E-state index in [0.29, 0.717) is 25.7 Å². The normalized spacial score (nSPS) is 28.1. The predicted octanol–water partition coefficient (Wildman–Crippen LogP) is 3.43. The van der Waals surface area contributed by atoms with Crippen LogP contribution in [-0.2, 0) is 9.59 Å². The summed E-state index contributed by atoms with van der Waals surface area (Å²) in [6, 6.07) is 0. The molecule has 2 rings (SSSR count). The minimum Gasteiger partial charge on any atom is -0.392 e. The fourth-order valence-corrected chi connectivity index (χ4v) is 4.78. The summed E-state index contributed by atoms with van der Waals surface area (Å²) < 4.78 is 0. The van der Waals surface area contributed by atoms with E-state index >= 15 is 0 Å². The van der Waals surface area contributed by atoms with E-state index in [4.69, 9.17) is 5.73 Å². The van der Waals surface area contributed by atoms with Crippen molar-refractivity contribution in [3.63, 3.8) is 0 Å². The molecule has 0 aromatic heterocycles. The highest BCUT2D eigenvalue weighted by Gasteiger charge is 2.42. The maximum Gasteiger partial charge on any atom is 0.217 e. The molecule has 2 unspecified atom stereocenters. The predicted molar refractivity (Wildman–Crippen MR) is 110 cm³/mol. The first-order valence-corrected chi connectivity index (χ1v) is 10.9. The Balaban J connectivity index is 1.85. The van der Waals surface area contributed by atoms with Gasteiger partial charge in [0.15, 0.2) is 0 Å². The minimum absolute atomic E-state index is 0.0796. The SMILES string of the molecule is CCCC1(C(O)CC=C[C@H]2C(O)CC(=O)[C@@H]2CC=CCCCC(N)=O)CCC1. The van der Waals surface area contributed by atoms with E-state index in [-0.39, 0.29) is 41.5 Å². The van der Waals surface area contributed by atoms with Crippen LogP contribution in [0.25, 0.3) is 0 Å². The van der Waals surface area contributed by atoms with Gasteiger partial charge in [-0.15, -0.1) is 0 Å². The van der Waals surface area contributed by atoms with Gasteiger partial charge in [-0.1, -0.05) is 44.1 Å². The maximum absolute atomic E-state index is 12.3. The second kappa shape index (κ2) is 10.9. The van der Waals surface area contributed by atoms with Crippen molar-refractivity contribution in [2.75, 3.05) is 0 Å². The summed E-state index contributed by atoms with van der Waals surface area (Å²) in [4.78, 5) is 23.0. The Labute approximate surface area is 169 Å². The van der Waals surface area contributed by atoms with E-state index in [1.165, 1.54) is 6.42 Å². The van der Waals surface area contributed by atoms with Crippen LogP contribution in [0.2, 0.25) is 0 Å². The Kier molecular flexibility index (Phi) is 8.90. The number of nitrogens with two attached hydrogens (primary N) is 1. The zero-order valence-corrected chi connectivity index (χ0v) is 17.2. The number of rotatable bonds is 12. The lowest BCUT2D eigenvalue weighted by molar-refractivity contribution is -0.121. The molecule has 0 aliphatic heterocycles. The van der Waals surface area contributed by atoms with Crippen LogP contribution in [0.3, 0.4) is 0 Å². The number of ketones is 1. The molecule has 2 fully saturated rings. The summed E-state index contributed by atoms with van der Waals surface area (Å²) in [5.41, 5.74) is 5.20. The van der Waals surface area contributed by atoms with Crippen molar-refractivity contribution in [2.24, 2.45) is 23.0 Å². The van der Waals surface area contributed by atoms with Crippen LogP contribution in [0.4, 0.5) is 0 Å². The molecule has 5 heteroatoms. The van der Waals surface area contributed by atoms with Gasteiger partial charge in [-0.05, 0) is 50.4 Å². The van der Waals surface area contributed by atoms with E-state index in [9.17, 15) is 19.8 Å². The first-order valence-electron chi connectivity index (χ1n) is 10.9. The summed E-state index contributed by atoms with van der Waals surface area (Å²) >= 11 is 0. The van der Waals surface area contributed by atoms with E-state index < -0.39 is 6.10 Å². The number of hydrogen-bond acceptors (Lipinski definition) is 4. The molecule has 158 valence electrons. The highest BCUT2D eigenvalue weighted by atomic mass is 16.3. The Morgan fingerprint density at radius 3 is 2.68 bits per heavy atom. The van der Waals surface area contributed by atoms with Crippen LogP contribution < -0.4 is 5.73 Å². The molecule has 0 radical (unpaired) electrons. The van der Waals surface area contributed by atoms with Gasteiger partial charge in [0.1, 0.15) is 5.78 Å². The Morgan fingerprint density at radius 2 is 2.07 bits per heavy atom. The average molecular weight is 392 g/mol. The molecule has 0 heterocycles. The van der Waals surface area contributed by atoms with E-state index in [1.807, 2.05) is 24.3 Å². The molecule has 4 N–H and O–H groups in total. The second-order valence-electron chi connectivity index (χ2n) is 8.63. The van der Waals surface area contributed by atoms with Gasteiger partial charge in [0.05, 0.1) is 12.2 Å². The van der Waals surface area contributed by atoms with Crippen molar-refractivity contribution >= 4 is 11.7 Å². The standard InChI is InChI=1S/C23H37NO4/c1-2-13-23(14-8-15-23)21(27)11-7-10-18-17(19(25)16-20(18)26)9-5-3-4-6-12-22(24)28/h3,5,7,10,17-18,20-21,26-27H,2,4,6,8-9,11-16H2,1H3,(H2,24,28)/t17-,18-,20?,21?/m1/s1. The first kappa shape index (κ1) is 22.8. The molecule has 5 nitrogen and oxygen atoms in total. The van der Waals surface area contributed by atoms with Crippen LogP contribution in [0.15, 0.2) is 24.3 Å². The second-order valence-corrected chi connectivity index (χ2v) is 8.63. The quantitative estimate of drug-likeness (QED) is 0.350. The van der Waals surface area contributed by atoms with Crippen LogP contribution in [0.1, 0.15) is 77.6 Å². The van der Waals surface area contributed by atoms with Gasteiger partial charge < -0.3 is 15.9 Å². The number of carbonyl (C=O) groups is 2. The number of hydrogen-bond donors (Lipinski definition) is 3. The number of allylic oxidation sites excluding steroid dienone is 2. The Morgan fingerprint density at radius 1 is 1.32 bits per heavy atom. The monoisotopic (exact) mass is 391 g/mol. The summed E-state index contributed by atoms with van der Waals surface area (Å²) in [6.45, 7) is 2.16. The molecule has 4 atom stereocenters. The van der Waals surface area contributed by atoms with Crippen molar-refractivity contribution < 1.29 is 19.8 Å². The molecule has 0 spiro atoms. The molecule has 2 aliphatic carbocycles. The summed E-state index contributed by atoms with van der Waals surface area (Å²) in [5, 5.41) is 20.9. The fraction of sp³-hybridized carbons (Fsp3) is 0.739. The lowest BCUT2D eigenvalue weighted by Gasteiger charge is -2.45. The number of amides is 1. The van der Waals surface area contributed by atoms with Gasteiger partial charge in [-0.2, -0.15) is 0 Å². The first-order chi connectivity index (χ1) is 13.4. The average Bonchev–Trinajstić information content (AvgIpc) is 2.87. The number of carbonyl (C=O) groups excluding carboxylic acids is 2. The van der Waals surface area contributed by atoms with E-state index in [2.05, 4.69) is 6.92 Å². The van der Waals surface area contributed by atoms with Crippen molar-refractivity contribution in [3.05, 3.63) is 24.3 Å². The third-order valence-corrected chi connectivity index (χ3v) is 6.61. The molecule has 0 bridgehead atoms. The zero-order chi connectivity index (χ0) is 20.6. The molecular formula is C23H37NO4. The summed E-state index contributed by atoms with van der Waals surface area (Å²) in [7, 11) is 0. The molecule has 28 heavy (non-hydrogen) atoms. The minimum atomic E-state index is -0.637. The molecule has 0 aromatic rings. The molecular weight excluding hydrogens is 354 g/mol. The highest BCUT2D eigenvalue weighted by molar-refractivity contribution is 5.84. The number of aliphatic hydroxyl groups excluding tert-OH is 2. The van der Waals surface area contributed by atoms with Crippen LogP contribution in [0, 0.1) is 17.3 Å².